The molecule has 2 saturated heterocycles. The minimum atomic E-state index is -2.56. The van der Waals surface area contributed by atoms with Gasteiger partial charge in [0.1, 0.15) is 23.5 Å². The highest BCUT2D eigenvalue weighted by molar-refractivity contribution is 7.39. The molecular weight excluding hydrogens is 609 g/mol. The summed E-state index contributed by atoms with van der Waals surface area (Å²) in [5.41, 5.74) is 5.11. The van der Waals surface area contributed by atoms with Gasteiger partial charge in [-0.3, -0.25) is 19.2 Å². The summed E-state index contributed by atoms with van der Waals surface area (Å²) >= 11 is 0. The van der Waals surface area contributed by atoms with Crippen LogP contribution < -0.4 is 15.6 Å². The third kappa shape index (κ3) is 9.62. The van der Waals surface area contributed by atoms with E-state index >= 15 is 0 Å². The number of nitrogens with zero attached hydrogens (tertiary/aromatic N) is 3. The Labute approximate surface area is 275 Å². The average molecular weight is 664 g/mol. The molecule has 2 aliphatic rings. The van der Waals surface area contributed by atoms with Crippen LogP contribution in [0.1, 0.15) is 97.0 Å². The lowest BCUT2D eigenvalue weighted by Gasteiger charge is -2.51. The largest absolute Gasteiger partial charge is 0.427 e. The summed E-state index contributed by atoms with van der Waals surface area (Å²) in [4.78, 5) is 78.4. The lowest BCUT2D eigenvalue weighted by atomic mass is 9.88. The molecule has 13 heteroatoms. The van der Waals surface area contributed by atoms with Crippen molar-refractivity contribution in [1.82, 2.24) is 20.0 Å². The third-order valence-corrected chi connectivity index (χ3v) is 9.82. The van der Waals surface area contributed by atoms with Gasteiger partial charge in [-0.25, -0.2) is 0 Å². The number of likely N-dealkylation sites (tertiary alicyclic amines) is 1. The van der Waals surface area contributed by atoms with Crippen LogP contribution in [0.5, 0.6) is 5.75 Å². The molecule has 2 heterocycles. The number of carbonyl (C=O) groups excluding carboxylic acids is 4. The van der Waals surface area contributed by atoms with E-state index in [9.17, 15) is 29.0 Å². The van der Waals surface area contributed by atoms with Gasteiger partial charge in [0.15, 0.2) is 0 Å². The third-order valence-electron chi connectivity index (χ3n) is 9.45. The van der Waals surface area contributed by atoms with E-state index in [0.717, 1.165) is 31.2 Å². The maximum absolute atomic E-state index is 14.8. The molecule has 1 aromatic carbocycles. The number of hydrogen-bond donors (Lipinski definition) is 4. The molecule has 5 N–H and O–H groups in total. The highest BCUT2D eigenvalue weighted by atomic mass is 31.2. The second-order valence-corrected chi connectivity index (χ2v) is 13.5. The maximum Gasteiger partial charge on any atom is 0.391 e. The van der Waals surface area contributed by atoms with Gasteiger partial charge in [0, 0.05) is 51.7 Å². The summed E-state index contributed by atoms with van der Waals surface area (Å²) in [5, 5.41) is 3.07. The molecule has 4 amide bonds. The van der Waals surface area contributed by atoms with Crippen LogP contribution >= 0.6 is 8.60 Å². The fourth-order valence-corrected chi connectivity index (χ4v) is 7.05. The lowest BCUT2D eigenvalue weighted by Crippen LogP contribution is -2.66. The van der Waals surface area contributed by atoms with E-state index in [1.54, 1.807) is 29.2 Å². The van der Waals surface area contributed by atoms with Crippen LogP contribution in [0.25, 0.3) is 0 Å². The van der Waals surface area contributed by atoms with Crippen molar-refractivity contribution in [2.75, 3.05) is 26.7 Å². The van der Waals surface area contributed by atoms with Gasteiger partial charge in [-0.15, -0.1) is 0 Å². The number of carbonyl (C=O) groups is 4. The first kappa shape index (κ1) is 37.7. The zero-order valence-corrected chi connectivity index (χ0v) is 28.8. The van der Waals surface area contributed by atoms with Crippen molar-refractivity contribution in [3.05, 3.63) is 29.8 Å². The Morgan fingerprint density at radius 2 is 1.70 bits per heavy atom. The highest BCUT2D eigenvalue weighted by Crippen LogP contribution is 2.44. The number of nitrogens with one attached hydrogen (secondary N) is 1. The number of unbranched alkanes of at least 4 members (excludes halogenated alkanes) is 4. The molecule has 0 bridgehead atoms. The molecule has 0 radical (unpaired) electrons. The summed E-state index contributed by atoms with van der Waals surface area (Å²) in [6.45, 7) is 7.87. The monoisotopic (exact) mass is 663 g/mol. The topological polar surface area (TPSA) is 166 Å². The molecule has 0 aromatic heterocycles. The van der Waals surface area contributed by atoms with Gasteiger partial charge in [0.05, 0.1) is 0 Å². The normalized spacial score (nSPS) is 19.5. The van der Waals surface area contributed by atoms with Gasteiger partial charge in [-0.2, -0.15) is 0 Å². The second kappa shape index (κ2) is 17.9. The van der Waals surface area contributed by atoms with Crippen molar-refractivity contribution in [3.8, 4) is 5.75 Å². The number of primary amides is 1. The van der Waals surface area contributed by atoms with Crippen molar-refractivity contribution in [2.24, 2.45) is 11.7 Å². The number of hydrogen-bond acceptors (Lipinski definition) is 8. The molecule has 12 nitrogen and oxygen atoms in total. The van der Waals surface area contributed by atoms with Gasteiger partial charge in [0.25, 0.3) is 0 Å². The molecule has 0 saturated carbocycles. The minimum absolute atomic E-state index is 0.0669. The van der Waals surface area contributed by atoms with Crippen molar-refractivity contribution in [3.63, 3.8) is 0 Å². The van der Waals surface area contributed by atoms with E-state index in [-0.39, 0.29) is 36.0 Å². The van der Waals surface area contributed by atoms with Gasteiger partial charge < -0.3 is 40.1 Å². The molecule has 258 valence electrons. The molecule has 1 aromatic rings. The summed E-state index contributed by atoms with van der Waals surface area (Å²) in [5.74, 6) is -0.709. The molecule has 2 aliphatic heterocycles. The van der Waals surface area contributed by atoms with Crippen molar-refractivity contribution < 1.29 is 33.5 Å². The van der Waals surface area contributed by atoms with Gasteiger partial charge in [-0.1, -0.05) is 58.6 Å². The number of nitrogens with two attached hydrogens (primary N) is 1. The first-order chi connectivity index (χ1) is 21.9. The van der Waals surface area contributed by atoms with E-state index in [1.165, 1.54) is 0 Å². The summed E-state index contributed by atoms with van der Waals surface area (Å²) < 4.78 is 5.02. The molecule has 2 fully saturated rings. The molecule has 3 unspecified atom stereocenters. The SMILES string of the molecule is CCCCCC(=O)N1C(Cc2ccc(OP(O)O)cc2)C(=O)N(C(C(=O)NCCCCCC(N)=O)C(C)CC)C12CCN(C)CC2. The van der Waals surface area contributed by atoms with Gasteiger partial charge in [0.2, 0.25) is 23.6 Å². The number of amides is 4. The second-order valence-electron chi connectivity index (χ2n) is 12.8. The number of benzene rings is 1. The molecular formula is C33H54N5O7P. The van der Waals surface area contributed by atoms with Gasteiger partial charge >= 0.3 is 8.60 Å². The average Bonchev–Trinajstić information content (AvgIpc) is 3.23. The summed E-state index contributed by atoms with van der Waals surface area (Å²) in [7, 11) is -0.527. The highest BCUT2D eigenvalue weighted by Gasteiger charge is 2.61. The Bertz CT molecular complexity index is 1160. The van der Waals surface area contributed by atoms with Crippen LogP contribution in [0.15, 0.2) is 24.3 Å². The fourth-order valence-electron chi connectivity index (χ4n) is 6.74. The zero-order valence-electron chi connectivity index (χ0n) is 27.9. The van der Waals surface area contributed by atoms with E-state index in [0.29, 0.717) is 70.3 Å². The predicted octanol–water partition coefficient (Wildman–Crippen LogP) is 3.44. The van der Waals surface area contributed by atoms with Gasteiger partial charge in [-0.05, 0) is 49.9 Å². The number of piperidine rings is 1. The Morgan fingerprint density at radius 3 is 2.28 bits per heavy atom. The molecule has 46 heavy (non-hydrogen) atoms. The number of rotatable bonds is 18. The minimum Gasteiger partial charge on any atom is -0.427 e. The maximum atomic E-state index is 14.8. The van der Waals surface area contributed by atoms with Crippen LogP contribution in [-0.4, -0.2) is 92.5 Å². The molecule has 1 spiro atoms. The Hall–Kier alpha value is -2.79. The Morgan fingerprint density at radius 1 is 1.04 bits per heavy atom. The first-order valence-electron chi connectivity index (χ1n) is 16.8. The van der Waals surface area contributed by atoms with Crippen LogP contribution in [0, 0.1) is 5.92 Å². The summed E-state index contributed by atoms with van der Waals surface area (Å²) in [6.07, 6.45) is 7.37. The molecule has 3 rings (SSSR count). The van der Waals surface area contributed by atoms with Crippen LogP contribution in [0.3, 0.4) is 0 Å². The first-order valence-corrected chi connectivity index (χ1v) is 18.0. The van der Waals surface area contributed by atoms with E-state index in [4.69, 9.17) is 10.3 Å². The summed E-state index contributed by atoms with van der Waals surface area (Å²) in [6, 6.07) is 5.22. The fraction of sp³-hybridized carbons (Fsp3) is 0.697. The van der Waals surface area contributed by atoms with Crippen LogP contribution in [-0.2, 0) is 25.6 Å². The van der Waals surface area contributed by atoms with Crippen molar-refractivity contribution >= 4 is 32.2 Å². The Kier molecular flexibility index (Phi) is 14.7. The van der Waals surface area contributed by atoms with E-state index < -0.39 is 26.3 Å². The van der Waals surface area contributed by atoms with Crippen molar-refractivity contribution in [2.45, 2.75) is 116 Å². The zero-order chi connectivity index (χ0) is 33.9. The van der Waals surface area contributed by atoms with E-state index in [2.05, 4.69) is 17.1 Å². The molecule has 3 atom stereocenters. The van der Waals surface area contributed by atoms with E-state index in [1.807, 2.05) is 25.8 Å². The smallest absolute Gasteiger partial charge is 0.391 e. The van der Waals surface area contributed by atoms with Crippen LogP contribution in [0.2, 0.25) is 0 Å². The predicted molar refractivity (Wildman–Crippen MR) is 177 cm³/mol. The lowest BCUT2D eigenvalue weighted by molar-refractivity contribution is -0.156. The Balaban J connectivity index is 2.00. The van der Waals surface area contributed by atoms with Crippen molar-refractivity contribution in [1.29, 1.82) is 0 Å². The van der Waals surface area contributed by atoms with Crippen LogP contribution in [0.4, 0.5) is 0 Å². The quantitative estimate of drug-likeness (QED) is 0.137. The standard InChI is InChI=1S/C33H54N5O7P/c1-5-7-9-13-29(40)37-27(23-25-14-16-26(17-15-25)45-46(43)44)32(42)38(33(37)18-21-36(4)22-19-33)30(24(3)6-2)31(41)35-20-11-8-10-12-28(34)39/h14-17,24,27,30,43-44H,5-13,18-23H2,1-4H3,(H2,34,39)(H,35,41). The molecule has 0 aliphatic carbocycles.